The fraction of sp³-hybridized carbons (Fsp3) is 0.650. The molecule has 2 unspecified atom stereocenters. The Morgan fingerprint density at radius 1 is 1.29 bits per heavy atom. The van der Waals surface area contributed by atoms with Crippen LogP contribution in [0.1, 0.15) is 38.4 Å². The van der Waals surface area contributed by atoms with Crippen LogP contribution in [0, 0.1) is 5.92 Å². The van der Waals surface area contributed by atoms with Crippen LogP contribution in [-0.2, 0) is 0 Å². The Hall–Kier alpha value is -1.93. The Kier molecular flexibility index (Phi) is 9.43. The van der Waals surface area contributed by atoms with Crippen LogP contribution in [0.5, 0.6) is 5.75 Å². The van der Waals surface area contributed by atoms with E-state index in [0.717, 1.165) is 26.2 Å². The Morgan fingerprint density at radius 3 is 2.68 bits per heavy atom. The smallest absolute Gasteiger partial charge is 0.387 e. The summed E-state index contributed by atoms with van der Waals surface area (Å²) in [6.07, 6.45) is 1.61. The summed E-state index contributed by atoms with van der Waals surface area (Å²) in [5.74, 6) is 1.33. The number of ether oxygens (including phenoxy) is 1. The van der Waals surface area contributed by atoms with Gasteiger partial charge in [-0.15, -0.1) is 0 Å². The second-order valence-electron chi connectivity index (χ2n) is 6.97. The van der Waals surface area contributed by atoms with E-state index in [4.69, 9.17) is 0 Å². The van der Waals surface area contributed by atoms with Gasteiger partial charge >= 0.3 is 6.61 Å². The maximum absolute atomic E-state index is 12.2. The van der Waals surface area contributed by atoms with E-state index in [0.29, 0.717) is 17.4 Å². The van der Waals surface area contributed by atoms with Crippen molar-refractivity contribution in [3.63, 3.8) is 0 Å². The molecule has 6 nitrogen and oxygen atoms in total. The number of aliphatic hydroxyl groups is 1. The summed E-state index contributed by atoms with van der Waals surface area (Å²) in [5.41, 5.74) is 0.604. The van der Waals surface area contributed by atoms with Crippen LogP contribution < -0.4 is 15.4 Å². The number of rotatable bonds is 9. The number of alkyl halides is 2. The molecule has 0 aliphatic carbocycles. The van der Waals surface area contributed by atoms with E-state index in [1.807, 2.05) is 6.92 Å². The predicted octanol–water partition coefficient (Wildman–Crippen LogP) is 2.61. The van der Waals surface area contributed by atoms with Gasteiger partial charge in [0.2, 0.25) is 0 Å². The monoisotopic (exact) mass is 398 g/mol. The number of halogens is 2. The second kappa shape index (κ2) is 11.8. The van der Waals surface area contributed by atoms with Crippen LogP contribution in [0.3, 0.4) is 0 Å². The Balaban J connectivity index is 1.86. The highest BCUT2D eigenvalue weighted by molar-refractivity contribution is 5.79. The molecular weight excluding hydrogens is 366 g/mol. The molecule has 0 bridgehead atoms. The van der Waals surface area contributed by atoms with Crippen LogP contribution in [-0.4, -0.2) is 61.8 Å². The molecule has 1 fully saturated rings. The van der Waals surface area contributed by atoms with Crippen LogP contribution in [0.4, 0.5) is 8.78 Å². The summed E-state index contributed by atoms with van der Waals surface area (Å²) >= 11 is 0. The van der Waals surface area contributed by atoms with Gasteiger partial charge < -0.3 is 25.4 Å². The molecule has 158 valence electrons. The summed E-state index contributed by atoms with van der Waals surface area (Å²) in [5, 5.41) is 16.9. The third-order valence-corrected chi connectivity index (χ3v) is 4.87. The highest BCUT2D eigenvalue weighted by Crippen LogP contribution is 2.19. The summed E-state index contributed by atoms with van der Waals surface area (Å²) in [4.78, 5) is 6.93. The highest BCUT2D eigenvalue weighted by atomic mass is 19.3. The van der Waals surface area contributed by atoms with Gasteiger partial charge in [-0.3, -0.25) is 4.99 Å². The molecular formula is C20H32F2N4O2. The van der Waals surface area contributed by atoms with Crippen molar-refractivity contribution >= 4 is 5.96 Å². The number of nitrogens with one attached hydrogen (secondary N) is 2. The zero-order valence-electron chi connectivity index (χ0n) is 16.7. The number of aliphatic imine (C=N–C) groups is 1. The molecule has 1 aliphatic rings. The Labute approximate surface area is 166 Å². The number of hydrogen-bond donors (Lipinski definition) is 3. The summed E-state index contributed by atoms with van der Waals surface area (Å²) in [6, 6.07) is 5.97. The third-order valence-electron chi connectivity index (χ3n) is 4.87. The van der Waals surface area contributed by atoms with Gasteiger partial charge in [0, 0.05) is 19.6 Å². The minimum Gasteiger partial charge on any atom is -0.435 e. The standard InChI is InChI=1S/C20H32F2N4O2/c1-3-23-20(24-12-15-6-5-11-26(4-2)14-15)25-13-18(27)16-7-9-17(10-8-16)28-19(21)22/h7-10,15,18-19,27H,3-6,11-14H2,1-2H3,(H2,23,24,25). The van der Waals surface area contributed by atoms with Crippen molar-refractivity contribution in [2.24, 2.45) is 10.9 Å². The molecule has 1 aromatic rings. The third kappa shape index (κ3) is 7.59. The molecule has 28 heavy (non-hydrogen) atoms. The van der Waals surface area contributed by atoms with Crippen molar-refractivity contribution in [3.05, 3.63) is 29.8 Å². The second-order valence-corrected chi connectivity index (χ2v) is 6.97. The minimum absolute atomic E-state index is 0.0676. The van der Waals surface area contributed by atoms with Gasteiger partial charge in [-0.25, -0.2) is 0 Å². The van der Waals surface area contributed by atoms with Crippen molar-refractivity contribution in [1.29, 1.82) is 0 Å². The number of hydrogen-bond acceptors (Lipinski definition) is 4. The van der Waals surface area contributed by atoms with E-state index in [2.05, 4.69) is 32.2 Å². The largest absolute Gasteiger partial charge is 0.435 e. The first-order valence-electron chi connectivity index (χ1n) is 9.99. The lowest BCUT2D eigenvalue weighted by atomic mass is 9.98. The fourth-order valence-electron chi connectivity index (χ4n) is 3.34. The molecule has 1 aliphatic heterocycles. The lowest BCUT2D eigenvalue weighted by Crippen LogP contribution is -2.44. The molecule has 1 saturated heterocycles. The topological polar surface area (TPSA) is 69.1 Å². The van der Waals surface area contributed by atoms with Crippen LogP contribution >= 0.6 is 0 Å². The number of benzene rings is 1. The van der Waals surface area contributed by atoms with Crippen LogP contribution in [0.2, 0.25) is 0 Å². The van der Waals surface area contributed by atoms with Gasteiger partial charge in [0.1, 0.15) is 5.75 Å². The van der Waals surface area contributed by atoms with Crippen molar-refractivity contribution in [2.45, 2.75) is 39.4 Å². The van der Waals surface area contributed by atoms with Gasteiger partial charge in [-0.2, -0.15) is 8.78 Å². The van der Waals surface area contributed by atoms with E-state index in [9.17, 15) is 13.9 Å². The van der Waals surface area contributed by atoms with Gasteiger partial charge in [-0.05, 0) is 56.5 Å². The molecule has 2 rings (SSSR count). The summed E-state index contributed by atoms with van der Waals surface area (Å²) < 4.78 is 28.7. The van der Waals surface area contributed by atoms with Gasteiger partial charge in [0.25, 0.3) is 0 Å². The molecule has 1 aromatic carbocycles. The maximum atomic E-state index is 12.2. The molecule has 0 saturated carbocycles. The first-order chi connectivity index (χ1) is 13.5. The van der Waals surface area contributed by atoms with Crippen molar-refractivity contribution in [1.82, 2.24) is 15.5 Å². The molecule has 0 radical (unpaired) electrons. The van der Waals surface area contributed by atoms with E-state index in [1.54, 1.807) is 12.1 Å². The normalized spacial score (nSPS) is 19.5. The van der Waals surface area contributed by atoms with Crippen LogP contribution in [0.25, 0.3) is 0 Å². The van der Waals surface area contributed by atoms with Crippen molar-refractivity contribution in [2.75, 3.05) is 39.3 Å². The van der Waals surface area contributed by atoms with E-state index >= 15 is 0 Å². The number of aliphatic hydroxyl groups excluding tert-OH is 1. The van der Waals surface area contributed by atoms with E-state index in [-0.39, 0.29) is 12.3 Å². The molecule has 0 amide bonds. The first-order valence-corrected chi connectivity index (χ1v) is 9.99. The Bertz CT molecular complexity index is 598. The number of likely N-dealkylation sites (tertiary alicyclic amines) is 1. The van der Waals surface area contributed by atoms with Gasteiger partial charge in [0.15, 0.2) is 5.96 Å². The molecule has 1 heterocycles. The minimum atomic E-state index is -2.86. The summed E-state index contributed by atoms with van der Waals surface area (Å²) in [6.45, 7) is 6.43. The van der Waals surface area contributed by atoms with E-state index < -0.39 is 12.7 Å². The number of guanidine groups is 1. The average molecular weight is 398 g/mol. The molecule has 3 N–H and O–H groups in total. The number of piperidine rings is 1. The highest BCUT2D eigenvalue weighted by Gasteiger charge is 2.19. The molecule has 0 aromatic heterocycles. The quantitative estimate of drug-likeness (QED) is 0.441. The lowest BCUT2D eigenvalue weighted by Gasteiger charge is -2.32. The van der Waals surface area contributed by atoms with Crippen molar-refractivity contribution in [3.8, 4) is 5.75 Å². The molecule has 0 spiro atoms. The average Bonchev–Trinajstić information content (AvgIpc) is 2.70. The molecule has 2 atom stereocenters. The number of nitrogens with zero attached hydrogens (tertiary/aromatic N) is 2. The van der Waals surface area contributed by atoms with Crippen LogP contribution in [0.15, 0.2) is 29.3 Å². The molecule has 8 heteroatoms. The lowest BCUT2D eigenvalue weighted by molar-refractivity contribution is -0.0498. The zero-order chi connectivity index (χ0) is 20.4. The van der Waals surface area contributed by atoms with Gasteiger partial charge in [-0.1, -0.05) is 19.1 Å². The maximum Gasteiger partial charge on any atom is 0.387 e. The fourth-order valence-corrected chi connectivity index (χ4v) is 3.34. The first kappa shape index (κ1) is 22.4. The van der Waals surface area contributed by atoms with E-state index in [1.165, 1.54) is 31.5 Å². The van der Waals surface area contributed by atoms with Crippen molar-refractivity contribution < 1.29 is 18.6 Å². The Morgan fingerprint density at radius 2 is 2.04 bits per heavy atom. The SMILES string of the molecule is CCNC(=NCC(O)c1ccc(OC(F)F)cc1)NCC1CCCN(CC)C1. The van der Waals surface area contributed by atoms with Gasteiger partial charge in [0.05, 0.1) is 12.6 Å². The summed E-state index contributed by atoms with van der Waals surface area (Å²) in [7, 11) is 0. The predicted molar refractivity (Wildman–Crippen MR) is 107 cm³/mol. The zero-order valence-corrected chi connectivity index (χ0v) is 16.7.